The summed E-state index contributed by atoms with van der Waals surface area (Å²) in [5.74, 6) is -0.431. The normalized spacial score (nSPS) is 11.2. The van der Waals surface area contributed by atoms with Crippen LogP contribution < -0.4 is 5.32 Å². The van der Waals surface area contributed by atoms with Gasteiger partial charge >= 0.3 is 0 Å². The molecule has 0 saturated carbocycles. The van der Waals surface area contributed by atoms with Gasteiger partial charge in [-0.15, -0.1) is 11.3 Å². The molecule has 0 aliphatic heterocycles. The van der Waals surface area contributed by atoms with Gasteiger partial charge in [-0.05, 0) is 41.8 Å². The van der Waals surface area contributed by atoms with Crippen molar-refractivity contribution >= 4 is 33.0 Å². The molecule has 0 saturated heterocycles. The molecule has 0 unspecified atom stereocenters. The van der Waals surface area contributed by atoms with E-state index in [9.17, 15) is 9.18 Å². The topological polar surface area (TPSA) is 46.4 Å². The van der Waals surface area contributed by atoms with Crippen molar-refractivity contribution in [1.82, 2.24) is 14.7 Å². The first-order valence-electron chi connectivity index (χ1n) is 7.59. The number of nitrogens with one attached hydrogen (secondary N) is 1. The first-order chi connectivity index (χ1) is 11.7. The van der Waals surface area contributed by atoms with Crippen molar-refractivity contribution in [3.8, 4) is 0 Å². The fourth-order valence-corrected chi connectivity index (χ4v) is 3.58. The lowest BCUT2D eigenvalue weighted by Gasteiger charge is -2.01. The van der Waals surface area contributed by atoms with E-state index in [2.05, 4.69) is 10.3 Å². The fraction of sp³-hybridized carbons (Fsp3) is 0.111. The first kappa shape index (κ1) is 14.8. The fourth-order valence-electron chi connectivity index (χ4n) is 2.62. The minimum atomic E-state index is -0.292. The van der Waals surface area contributed by atoms with E-state index in [-0.39, 0.29) is 11.7 Å². The minimum absolute atomic E-state index is 0.139. The molecular weight excluding hydrogens is 325 g/mol. The number of halogens is 1. The third-order valence-corrected chi connectivity index (χ3v) is 4.90. The van der Waals surface area contributed by atoms with Crippen LogP contribution in [-0.2, 0) is 6.42 Å². The van der Waals surface area contributed by atoms with Crippen molar-refractivity contribution in [2.75, 3.05) is 6.54 Å². The Morgan fingerprint density at radius 2 is 2.17 bits per heavy atom. The molecule has 24 heavy (non-hydrogen) atoms. The summed E-state index contributed by atoms with van der Waals surface area (Å²) in [4.78, 5) is 17.3. The molecule has 0 spiro atoms. The molecule has 0 atom stereocenters. The van der Waals surface area contributed by atoms with E-state index < -0.39 is 0 Å². The summed E-state index contributed by atoms with van der Waals surface area (Å²) >= 11 is 1.37. The molecule has 4 aromatic rings. The second-order valence-corrected chi connectivity index (χ2v) is 6.58. The molecule has 0 aliphatic rings. The number of rotatable bonds is 4. The number of carbonyl (C=O) groups is 1. The summed E-state index contributed by atoms with van der Waals surface area (Å²) < 4.78 is 16.1. The van der Waals surface area contributed by atoms with Crippen LogP contribution in [0.5, 0.6) is 0 Å². The number of fused-ring (bicyclic) bond motifs is 2. The Morgan fingerprint density at radius 1 is 1.25 bits per heavy atom. The zero-order chi connectivity index (χ0) is 16.5. The standard InChI is InChI=1S/C18H14FN3OS/c19-13-4-5-15-12(9-13)10-16(24-15)18(23)20-7-6-14-11-22-8-2-1-3-17(22)21-14/h1-5,8-11H,6-7H2,(H,20,23). The van der Waals surface area contributed by atoms with Crippen LogP contribution in [0.15, 0.2) is 54.9 Å². The van der Waals surface area contributed by atoms with Gasteiger partial charge in [-0.1, -0.05) is 6.07 Å². The van der Waals surface area contributed by atoms with E-state index >= 15 is 0 Å². The Labute approximate surface area is 141 Å². The van der Waals surface area contributed by atoms with Crippen LogP contribution in [0.4, 0.5) is 4.39 Å². The van der Waals surface area contributed by atoms with Crippen molar-refractivity contribution in [1.29, 1.82) is 0 Å². The number of hydrogen-bond acceptors (Lipinski definition) is 3. The second kappa shape index (κ2) is 6.05. The monoisotopic (exact) mass is 339 g/mol. The van der Waals surface area contributed by atoms with Gasteiger partial charge in [0.1, 0.15) is 11.5 Å². The van der Waals surface area contributed by atoms with Gasteiger partial charge in [0.05, 0.1) is 10.6 Å². The van der Waals surface area contributed by atoms with Crippen molar-refractivity contribution in [3.05, 3.63) is 71.2 Å². The molecule has 4 rings (SSSR count). The Morgan fingerprint density at radius 3 is 3.04 bits per heavy atom. The summed E-state index contributed by atoms with van der Waals surface area (Å²) in [6.45, 7) is 0.505. The van der Waals surface area contributed by atoms with Crippen LogP contribution in [0.25, 0.3) is 15.7 Å². The Balaban J connectivity index is 1.41. The van der Waals surface area contributed by atoms with Crippen LogP contribution in [0, 0.1) is 5.82 Å². The van der Waals surface area contributed by atoms with Crippen molar-refractivity contribution in [2.24, 2.45) is 0 Å². The molecule has 3 aromatic heterocycles. The van der Waals surface area contributed by atoms with Gasteiger partial charge in [-0.3, -0.25) is 4.79 Å². The van der Waals surface area contributed by atoms with Crippen molar-refractivity contribution < 1.29 is 9.18 Å². The summed E-state index contributed by atoms with van der Waals surface area (Å²) in [6.07, 6.45) is 4.57. The molecule has 0 aliphatic carbocycles. The summed E-state index contributed by atoms with van der Waals surface area (Å²) in [5.41, 5.74) is 1.82. The van der Waals surface area contributed by atoms with E-state index in [0.29, 0.717) is 17.8 Å². The second-order valence-electron chi connectivity index (χ2n) is 5.50. The third-order valence-electron chi connectivity index (χ3n) is 3.78. The quantitative estimate of drug-likeness (QED) is 0.617. The number of benzene rings is 1. The van der Waals surface area contributed by atoms with Crippen LogP contribution >= 0.6 is 11.3 Å². The number of thiophene rings is 1. The summed E-state index contributed by atoms with van der Waals surface area (Å²) in [7, 11) is 0. The number of nitrogens with zero attached hydrogens (tertiary/aromatic N) is 2. The van der Waals surface area contributed by atoms with Crippen LogP contribution in [0.2, 0.25) is 0 Å². The average molecular weight is 339 g/mol. The van der Waals surface area contributed by atoms with Gasteiger partial charge in [0.2, 0.25) is 0 Å². The van der Waals surface area contributed by atoms with E-state index in [1.807, 2.05) is 35.0 Å². The van der Waals surface area contributed by atoms with E-state index in [1.165, 1.54) is 23.5 Å². The molecule has 6 heteroatoms. The first-order valence-corrected chi connectivity index (χ1v) is 8.40. The van der Waals surface area contributed by atoms with Crippen LogP contribution in [0.1, 0.15) is 15.4 Å². The van der Waals surface area contributed by atoms with Gasteiger partial charge in [-0.25, -0.2) is 9.37 Å². The summed E-state index contributed by atoms with van der Waals surface area (Å²) in [6, 6.07) is 12.1. The molecule has 4 nitrogen and oxygen atoms in total. The third kappa shape index (κ3) is 2.88. The van der Waals surface area contributed by atoms with Gasteiger partial charge in [0.15, 0.2) is 0 Å². The molecular formula is C18H14FN3OS. The van der Waals surface area contributed by atoms with Gasteiger partial charge in [0, 0.05) is 30.1 Å². The molecule has 1 N–H and O–H groups in total. The van der Waals surface area contributed by atoms with E-state index in [0.717, 1.165) is 21.4 Å². The Kier molecular flexibility index (Phi) is 3.74. The number of imidazole rings is 1. The van der Waals surface area contributed by atoms with Crippen molar-refractivity contribution in [2.45, 2.75) is 6.42 Å². The van der Waals surface area contributed by atoms with E-state index in [1.54, 1.807) is 12.1 Å². The average Bonchev–Trinajstić information content (AvgIpc) is 3.17. The maximum atomic E-state index is 13.2. The molecule has 120 valence electrons. The Hall–Kier alpha value is -2.73. The maximum Gasteiger partial charge on any atom is 0.261 e. The van der Waals surface area contributed by atoms with E-state index in [4.69, 9.17) is 0 Å². The molecule has 0 fully saturated rings. The molecule has 0 bridgehead atoms. The smallest absolute Gasteiger partial charge is 0.261 e. The highest BCUT2D eigenvalue weighted by Gasteiger charge is 2.10. The predicted molar refractivity (Wildman–Crippen MR) is 93.0 cm³/mol. The highest BCUT2D eigenvalue weighted by Crippen LogP contribution is 2.26. The number of hydrogen-bond donors (Lipinski definition) is 1. The molecule has 1 amide bonds. The molecule has 1 aromatic carbocycles. The van der Waals surface area contributed by atoms with Gasteiger partial charge in [0.25, 0.3) is 5.91 Å². The number of pyridine rings is 1. The lowest BCUT2D eigenvalue weighted by Crippen LogP contribution is -2.24. The zero-order valence-electron chi connectivity index (χ0n) is 12.7. The highest BCUT2D eigenvalue weighted by molar-refractivity contribution is 7.20. The molecule has 0 radical (unpaired) electrons. The largest absolute Gasteiger partial charge is 0.351 e. The maximum absolute atomic E-state index is 13.2. The summed E-state index contributed by atoms with van der Waals surface area (Å²) in [5, 5.41) is 3.65. The minimum Gasteiger partial charge on any atom is -0.351 e. The Bertz CT molecular complexity index is 1000. The lowest BCUT2D eigenvalue weighted by atomic mass is 10.2. The number of aromatic nitrogens is 2. The number of carbonyl (C=O) groups excluding carboxylic acids is 1. The predicted octanol–water partition coefficient (Wildman–Crippen LogP) is 3.66. The zero-order valence-corrected chi connectivity index (χ0v) is 13.5. The SMILES string of the molecule is O=C(NCCc1cn2ccccc2n1)c1cc2cc(F)ccc2s1. The van der Waals surface area contributed by atoms with Crippen LogP contribution in [0.3, 0.4) is 0 Å². The van der Waals surface area contributed by atoms with Crippen molar-refractivity contribution in [3.63, 3.8) is 0 Å². The molecule has 3 heterocycles. The van der Waals surface area contributed by atoms with Gasteiger partial charge in [-0.2, -0.15) is 0 Å². The van der Waals surface area contributed by atoms with Crippen LogP contribution in [-0.4, -0.2) is 21.8 Å². The lowest BCUT2D eigenvalue weighted by molar-refractivity contribution is 0.0958. The van der Waals surface area contributed by atoms with Gasteiger partial charge < -0.3 is 9.72 Å². The highest BCUT2D eigenvalue weighted by atomic mass is 32.1. The number of amides is 1.